The molecule has 3 heteroatoms. The molecular formula is C19H10ClNO. The fraction of sp³-hybridized carbons (Fsp3) is 0. The molecule has 3 aromatic carbocycles. The third-order valence-electron chi connectivity index (χ3n) is 4.20. The summed E-state index contributed by atoms with van der Waals surface area (Å²) in [4.78, 5) is 4.15. The maximum Gasteiger partial charge on any atom is 0.153 e. The Balaban J connectivity index is 2.12. The summed E-state index contributed by atoms with van der Waals surface area (Å²) in [6, 6.07) is 16.4. The van der Waals surface area contributed by atoms with E-state index in [0.717, 1.165) is 48.5 Å². The lowest BCUT2D eigenvalue weighted by Gasteiger charge is -2.05. The number of halogens is 1. The first-order chi connectivity index (χ1) is 10.8. The Kier molecular flexibility index (Phi) is 2.30. The summed E-state index contributed by atoms with van der Waals surface area (Å²) < 4.78 is 6.11. The largest absolute Gasteiger partial charge is 0.454 e. The van der Waals surface area contributed by atoms with Crippen molar-refractivity contribution in [3.8, 4) is 0 Å². The lowest BCUT2D eigenvalue weighted by molar-refractivity contribution is 0.671. The van der Waals surface area contributed by atoms with Crippen molar-refractivity contribution >= 4 is 55.1 Å². The number of nitrogens with zero attached hydrogens (tertiary/aromatic N) is 1. The van der Waals surface area contributed by atoms with Gasteiger partial charge in [0.15, 0.2) is 5.58 Å². The highest BCUT2D eigenvalue weighted by atomic mass is 35.5. The third kappa shape index (κ3) is 1.53. The number of furan rings is 1. The molecule has 5 rings (SSSR count). The molecule has 0 bridgehead atoms. The first kappa shape index (κ1) is 12.0. The molecule has 0 aliphatic heterocycles. The molecule has 0 radical (unpaired) electrons. The molecule has 2 nitrogen and oxygen atoms in total. The predicted octanol–water partition coefficient (Wildman–Crippen LogP) is 5.94. The maximum atomic E-state index is 6.21. The van der Waals surface area contributed by atoms with E-state index in [4.69, 9.17) is 16.0 Å². The van der Waals surface area contributed by atoms with Gasteiger partial charge in [-0.15, -0.1) is 0 Å². The van der Waals surface area contributed by atoms with Crippen LogP contribution >= 0.6 is 11.6 Å². The van der Waals surface area contributed by atoms with Crippen LogP contribution in [0.15, 0.2) is 65.3 Å². The van der Waals surface area contributed by atoms with Gasteiger partial charge in [-0.1, -0.05) is 35.9 Å². The predicted molar refractivity (Wildman–Crippen MR) is 91.5 cm³/mol. The van der Waals surface area contributed by atoms with Gasteiger partial charge in [0.05, 0.1) is 6.20 Å². The molecule has 0 saturated heterocycles. The Morgan fingerprint density at radius 2 is 1.64 bits per heavy atom. The van der Waals surface area contributed by atoms with E-state index in [1.54, 1.807) is 12.4 Å². The summed E-state index contributed by atoms with van der Waals surface area (Å²) in [5, 5.41) is 7.45. The third-order valence-corrected chi connectivity index (χ3v) is 4.44. The van der Waals surface area contributed by atoms with E-state index >= 15 is 0 Å². The number of benzene rings is 3. The van der Waals surface area contributed by atoms with Crippen molar-refractivity contribution in [2.24, 2.45) is 0 Å². The molecule has 0 fully saturated rings. The van der Waals surface area contributed by atoms with Gasteiger partial charge in [0.2, 0.25) is 0 Å². The first-order valence-electron chi connectivity index (χ1n) is 7.08. The topological polar surface area (TPSA) is 26.0 Å². The molecule has 0 N–H and O–H groups in total. The molecule has 0 unspecified atom stereocenters. The SMILES string of the molecule is Clc1ccc2ccc3ccc4c5ccncc5oc4c3c2c1. The molecule has 0 atom stereocenters. The van der Waals surface area contributed by atoms with E-state index < -0.39 is 0 Å². The van der Waals surface area contributed by atoms with Gasteiger partial charge in [-0.2, -0.15) is 0 Å². The second-order valence-electron chi connectivity index (χ2n) is 5.45. The average molecular weight is 304 g/mol. The number of pyridine rings is 1. The molecule has 0 saturated carbocycles. The minimum Gasteiger partial charge on any atom is -0.454 e. The first-order valence-corrected chi connectivity index (χ1v) is 7.46. The Hall–Kier alpha value is -2.58. The maximum absolute atomic E-state index is 6.21. The molecule has 0 amide bonds. The van der Waals surface area contributed by atoms with Crippen LogP contribution in [0.25, 0.3) is 43.5 Å². The smallest absolute Gasteiger partial charge is 0.153 e. The van der Waals surface area contributed by atoms with Gasteiger partial charge in [0.25, 0.3) is 0 Å². The lowest BCUT2D eigenvalue weighted by atomic mass is 10.00. The van der Waals surface area contributed by atoms with E-state index in [1.807, 2.05) is 24.3 Å². The van der Waals surface area contributed by atoms with Crippen LogP contribution in [0.3, 0.4) is 0 Å². The van der Waals surface area contributed by atoms with E-state index in [2.05, 4.69) is 29.2 Å². The van der Waals surface area contributed by atoms with Gasteiger partial charge >= 0.3 is 0 Å². The zero-order chi connectivity index (χ0) is 14.7. The second-order valence-corrected chi connectivity index (χ2v) is 5.88. The zero-order valence-corrected chi connectivity index (χ0v) is 12.3. The minimum atomic E-state index is 0.731. The molecule has 5 aromatic rings. The zero-order valence-electron chi connectivity index (χ0n) is 11.5. The summed E-state index contributed by atoms with van der Waals surface area (Å²) >= 11 is 6.21. The summed E-state index contributed by atoms with van der Waals surface area (Å²) in [5.74, 6) is 0. The van der Waals surface area contributed by atoms with Crippen LogP contribution < -0.4 is 0 Å². The molecule has 2 heterocycles. The van der Waals surface area contributed by atoms with Crippen LogP contribution in [-0.4, -0.2) is 4.98 Å². The lowest BCUT2D eigenvalue weighted by Crippen LogP contribution is -1.79. The molecule has 0 aliphatic rings. The Labute approximate surface area is 130 Å². The molecule has 22 heavy (non-hydrogen) atoms. The molecule has 2 aromatic heterocycles. The number of rotatable bonds is 0. The van der Waals surface area contributed by atoms with Crippen molar-refractivity contribution in [1.29, 1.82) is 0 Å². The standard InChI is InChI=1S/C19H10ClNO/c20-13-5-3-11-1-2-12-4-6-15-14-7-8-21-10-17(14)22-19(15)18(12)16(11)9-13/h1-10H. The molecular weight excluding hydrogens is 294 g/mol. The van der Waals surface area contributed by atoms with Crippen molar-refractivity contribution in [2.75, 3.05) is 0 Å². The quantitative estimate of drug-likeness (QED) is 0.331. The van der Waals surface area contributed by atoms with Crippen LogP contribution in [-0.2, 0) is 0 Å². The summed E-state index contributed by atoms with van der Waals surface area (Å²) in [5.41, 5.74) is 1.71. The Bertz CT molecular complexity index is 1190. The number of hydrogen-bond donors (Lipinski definition) is 0. The number of aromatic nitrogens is 1. The van der Waals surface area contributed by atoms with Crippen molar-refractivity contribution in [3.63, 3.8) is 0 Å². The van der Waals surface area contributed by atoms with Gasteiger partial charge in [-0.25, -0.2) is 0 Å². The van der Waals surface area contributed by atoms with Gasteiger partial charge in [0, 0.05) is 27.4 Å². The van der Waals surface area contributed by atoms with Crippen LogP contribution in [0, 0.1) is 0 Å². The minimum absolute atomic E-state index is 0.731. The fourth-order valence-electron chi connectivity index (χ4n) is 3.20. The molecule has 0 spiro atoms. The monoisotopic (exact) mass is 303 g/mol. The van der Waals surface area contributed by atoms with Crippen molar-refractivity contribution in [1.82, 2.24) is 4.98 Å². The van der Waals surface area contributed by atoms with E-state index in [-0.39, 0.29) is 0 Å². The van der Waals surface area contributed by atoms with Gasteiger partial charge in [0.1, 0.15) is 5.58 Å². The second kappa shape index (κ2) is 4.21. The average Bonchev–Trinajstić information content (AvgIpc) is 2.93. The highest BCUT2D eigenvalue weighted by molar-refractivity contribution is 6.32. The van der Waals surface area contributed by atoms with Crippen LogP contribution in [0.1, 0.15) is 0 Å². The van der Waals surface area contributed by atoms with E-state index in [0.29, 0.717) is 0 Å². The highest BCUT2D eigenvalue weighted by Gasteiger charge is 2.12. The number of fused-ring (bicyclic) bond motifs is 7. The molecule has 0 aliphatic carbocycles. The molecule has 104 valence electrons. The number of hydrogen-bond acceptors (Lipinski definition) is 2. The highest BCUT2D eigenvalue weighted by Crippen LogP contribution is 2.37. The van der Waals surface area contributed by atoms with Gasteiger partial charge in [-0.05, 0) is 40.4 Å². The van der Waals surface area contributed by atoms with Gasteiger partial charge in [-0.3, -0.25) is 4.98 Å². The van der Waals surface area contributed by atoms with Crippen LogP contribution in [0.2, 0.25) is 5.02 Å². The summed E-state index contributed by atoms with van der Waals surface area (Å²) in [6.07, 6.45) is 3.56. The summed E-state index contributed by atoms with van der Waals surface area (Å²) in [6.45, 7) is 0. The Morgan fingerprint density at radius 3 is 2.59 bits per heavy atom. The summed E-state index contributed by atoms with van der Waals surface area (Å²) in [7, 11) is 0. The van der Waals surface area contributed by atoms with E-state index in [1.165, 1.54) is 0 Å². The van der Waals surface area contributed by atoms with Crippen LogP contribution in [0.4, 0.5) is 0 Å². The van der Waals surface area contributed by atoms with Crippen molar-refractivity contribution < 1.29 is 4.42 Å². The van der Waals surface area contributed by atoms with Crippen LogP contribution in [0.5, 0.6) is 0 Å². The normalized spacial score (nSPS) is 11.9. The van der Waals surface area contributed by atoms with Gasteiger partial charge < -0.3 is 4.42 Å². The van der Waals surface area contributed by atoms with Crippen molar-refractivity contribution in [3.05, 3.63) is 65.9 Å². The van der Waals surface area contributed by atoms with Crippen molar-refractivity contribution in [2.45, 2.75) is 0 Å². The fourth-order valence-corrected chi connectivity index (χ4v) is 3.37. The Morgan fingerprint density at radius 1 is 0.818 bits per heavy atom. The van der Waals surface area contributed by atoms with E-state index in [9.17, 15) is 0 Å².